The fourth-order valence-corrected chi connectivity index (χ4v) is 2.83. The van der Waals surface area contributed by atoms with Crippen molar-refractivity contribution >= 4 is 17.3 Å². The molecule has 1 aliphatic carbocycles. The van der Waals surface area contributed by atoms with E-state index in [1.54, 1.807) is 36.4 Å². The van der Waals surface area contributed by atoms with E-state index in [1.165, 1.54) is 0 Å². The molecule has 0 aromatic heterocycles. The van der Waals surface area contributed by atoms with Gasteiger partial charge in [-0.2, -0.15) is 0 Å². The topological polar surface area (TPSA) is 51.2 Å². The molecular weight excluding hydrogens is 276 g/mol. The number of benzene rings is 2. The van der Waals surface area contributed by atoms with E-state index in [1.807, 2.05) is 19.1 Å². The van der Waals surface area contributed by atoms with Gasteiger partial charge in [-0.3, -0.25) is 14.4 Å². The zero-order valence-electron chi connectivity index (χ0n) is 12.3. The van der Waals surface area contributed by atoms with E-state index >= 15 is 0 Å². The Hall–Kier alpha value is -2.55. The van der Waals surface area contributed by atoms with Crippen molar-refractivity contribution in [1.82, 2.24) is 0 Å². The number of hydrogen-bond donors (Lipinski definition) is 0. The minimum absolute atomic E-state index is 0.0310. The lowest BCUT2D eigenvalue weighted by molar-refractivity contribution is 0.0823. The second-order valence-electron chi connectivity index (χ2n) is 5.65. The molecule has 0 radical (unpaired) electrons. The van der Waals surface area contributed by atoms with Gasteiger partial charge in [-0.1, -0.05) is 54.1 Å². The van der Waals surface area contributed by atoms with Gasteiger partial charge in [0.1, 0.15) is 0 Å². The molecule has 0 bridgehead atoms. The van der Waals surface area contributed by atoms with Gasteiger partial charge in [-0.15, -0.1) is 0 Å². The molecule has 0 amide bonds. The van der Waals surface area contributed by atoms with E-state index in [0.29, 0.717) is 16.7 Å². The summed E-state index contributed by atoms with van der Waals surface area (Å²) in [5.74, 6) is -1.04. The van der Waals surface area contributed by atoms with E-state index in [0.717, 1.165) is 5.56 Å². The molecule has 0 unspecified atom stereocenters. The van der Waals surface area contributed by atoms with Gasteiger partial charge in [0.25, 0.3) is 0 Å². The van der Waals surface area contributed by atoms with Crippen LogP contribution in [-0.2, 0) is 0 Å². The molecule has 0 saturated heterocycles. The number of rotatable bonds is 4. The summed E-state index contributed by atoms with van der Waals surface area (Å²) < 4.78 is 0. The molecular formula is C19H16O3. The summed E-state index contributed by atoms with van der Waals surface area (Å²) in [5.41, 5.74) is 2.69. The van der Waals surface area contributed by atoms with Crippen molar-refractivity contribution in [2.24, 2.45) is 5.92 Å². The maximum atomic E-state index is 12.3. The number of carbonyl (C=O) groups excluding carboxylic acids is 3. The number of hydrogen-bond acceptors (Lipinski definition) is 3. The first-order chi connectivity index (χ1) is 10.6. The number of ketones is 3. The zero-order valence-corrected chi connectivity index (χ0v) is 12.3. The van der Waals surface area contributed by atoms with Crippen LogP contribution in [0.3, 0.4) is 0 Å². The van der Waals surface area contributed by atoms with Crippen LogP contribution in [0.5, 0.6) is 0 Å². The Balaban J connectivity index is 1.70. The van der Waals surface area contributed by atoms with Crippen LogP contribution in [0.2, 0.25) is 0 Å². The van der Waals surface area contributed by atoms with Crippen molar-refractivity contribution in [3.8, 4) is 0 Å². The molecule has 3 heteroatoms. The van der Waals surface area contributed by atoms with E-state index in [9.17, 15) is 14.4 Å². The number of carbonyl (C=O) groups is 3. The summed E-state index contributed by atoms with van der Waals surface area (Å²) in [6.45, 7) is 1.96. The smallest absolute Gasteiger partial charge is 0.174 e. The Labute approximate surface area is 129 Å². The summed E-state index contributed by atoms with van der Waals surface area (Å²) >= 11 is 0. The van der Waals surface area contributed by atoms with Crippen molar-refractivity contribution in [3.63, 3.8) is 0 Å². The highest BCUT2D eigenvalue weighted by molar-refractivity contribution is 6.26. The molecule has 3 rings (SSSR count). The number of fused-ring (bicyclic) bond motifs is 1. The Morgan fingerprint density at radius 3 is 2.00 bits per heavy atom. The first kappa shape index (κ1) is 14.4. The van der Waals surface area contributed by atoms with Crippen LogP contribution in [0.25, 0.3) is 0 Å². The molecule has 0 spiro atoms. The third kappa shape index (κ3) is 2.50. The van der Waals surface area contributed by atoms with E-state index in [4.69, 9.17) is 0 Å². The minimum atomic E-state index is -0.702. The van der Waals surface area contributed by atoms with E-state index in [-0.39, 0.29) is 30.2 Å². The third-order valence-electron chi connectivity index (χ3n) is 4.12. The van der Waals surface area contributed by atoms with Crippen molar-refractivity contribution < 1.29 is 14.4 Å². The standard InChI is InChI=1S/C19H16O3/c1-12-6-8-13(9-7-12)17(20)11-10-16-18(21)14-4-2-3-5-15(14)19(16)22/h2-9,16H,10-11H2,1H3. The lowest BCUT2D eigenvalue weighted by Crippen LogP contribution is -2.16. The van der Waals surface area contributed by atoms with Crippen LogP contribution in [0.1, 0.15) is 49.5 Å². The first-order valence-electron chi connectivity index (χ1n) is 7.35. The Bertz CT molecular complexity index is 722. The van der Waals surface area contributed by atoms with E-state index < -0.39 is 5.92 Å². The lowest BCUT2D eigenvalue weighted by Gasteiger charge is -2.06. The molecule has 2 aromatic rings. The molecule has 2 aromatic carbocycles. The normalized spacial score (nSPS) is 14.2. The van der Waals surface area contributed by atoms with Crippen LogP contribution in [0, 0.1) is 12.8 Å². The molecule has 22 heavy (non-hydrogen) atoms. The minimum Gasteiger partial charge on any atom is -0.294 e. The van der Waals surface area contributed by atoms with Gasteiger partial charge in [0.05, 0.1) is 5.92 Å². The van der Waals surface area contributed by atoms with Crippen LogP contribution in [0.4, 0.5) is 0 Å². The second kappa shape index (κ2) is 5.68. The Morgan fingerprint density at radius 2 is 1.45 bits per heavy atom. The fraction of sp³-hybridized carbons (Fsp3) is 0.211. The maximum Gasteiger partial charge on any atom is 0.174 e. The highest BCUT2D eigenvalue weighted by Crippen LogP contribution is 2.29. The molecule has 0 heterocycles. The van der Waals surface area contributed by atoms with Gasteiger partial charge in [0.15, 0.2) is 17.3 Å². The second-order valence-corrected chi connectivity index (χ2v) is 5.65. The maximum absolute atomic E-state index is 12.3. The Morgan fingerprint density at radius 1 is 0.909 bits per heavy atom. The number of Topliss-reactive ketones (excluding diaryl/α,β-unsaturated/α-hetero) is 3. The predicted molar refractivity (Wildman–Crippen MR) is 83.3 cm³/mol. The fourth-order valence-electron chi connectivity index (χ4n) is 2.83. The molecule has 0 atom stereocenters. The first-order valence-corrected chi connectivity index (χ1v) is 7.35. The van der Waals surface area contributed by atoms with Crippen molar-refractivity contribution in [3.05, 3.63) is 70.8 Å². The summed E-state index contributed by atoms with van der Waals surface area (Å²) in [7, 11) is 0. The van der Waals surface area contributed by atoms with Gasteiger partial charge in [-0.05, 0) is 13.3 Å². The van der Waals surface area contributed by atoms with Crippen LogP contribution in [0.15, 0.2) is 48.5 Å². The summed E-state index contributed by atoms with van der Waals surface area (Å²) in [4.78, 5) is 36.7. The van der Waals surface area contributed by atoms with Gasteiger partial charge < -0.3 is 0 Å². The van der Waals surface area contributed by atoms with E-state index in [2.05, 4.69) is 0 Å². The van der Waals surface area contributed by atoms with Gasteiger partial charge in [-0.25, -0.2) is 0 Å². The molecule has 0 fully saturated rings. The number of aryl methyl sites for hydroxylation is 1. The average molecular weight is 292 g/mol. The van der Waals surface area contributed by atoms with Gasteiger partial charge >= 0.3 is 0 Å². The zero-order chi connectivity index (χ0) is 15.7. The molecule has 110 valence electrons. The summed E-state index contributed by atoms with van der Waals surface area (Å²) in [6.07, 6.45) is 0.484. The summed E-state index contributed by atoms with van der Waals surface area (Å²) in [6, 6.07) is 14.2. The molecule has 0 N–H and O–H groups in total. The van der Waals surface area contributed by atoms with Crippen LogP contribution >= 0.6 is 0 Å². The predicted octanol–water partition coefficient (Wildman–Crippen LogP) is 3.65. The monoisotopic (exact) mass is 292 g/mol. The highest BCUT2D eigenvalue weighted by atomic mass is 16.2. The largest absolute Gasteiger partial charge is 0.294 e. The third-order valence-corrected chi connectivity index (χ3v) is 4.12. The molecule has 0 aliphatic heterocycles. The lowest BCUT2D eigenvalue weighted by atomic mass is 9.94. The van der Waals surface area contributed by atoms with Gasteiger partial charge in [0, 0.05) is 23.1 Å². The summed E-state index contributed by atoms with van der Waals surface area (Å²) in [5, 5.41) is 0. The van der Waals surface area contributed by atoms with Crippen molar-refractivity contribution in [2.75, 3.05) is 0 Å². The Kier molecular flexibility index (Phi) is 3.72. The quantitative estimate of drug-likeness (QED) is 0.638. The van der Waals surface area contributed by atoms with Crippen LogP contribution in [-0.4, -0.2) is 17.3 Å². The highest BCUT2D eigenvalue weighted by Gasteiger charge is 2.37. The SMILES string of the molecule is Cc1ccc(C(=O)CCC2C(=O)c3ccccc3C2=O)cc1. The van der Waals surface area contributed by atoms with Crippen molar-refractivity contribution in [1.29, 1.82) is 0 Å². The van der Waals surface area contributed by atoms with Gasteiger partial charge in [0.2, 0.25) is 0 Å². The molecule has 0 saturated carbocycles. The average Bonchev–Trinajstić information content (AvgIpc) is 2.78. The van der Waals surface area contributed by atoms with Crippen molar-refractivity contribution in [2.45, 2.75) is 19.8 Å². The molecule has 3 nitrogen and oxygen atoms in total. The van der Waals surface area contributed by atoms with Crippen LogP contribution < -0.4 is 0 Å². The molecule has 1 aliphatic rings.